The molecule has 17 heavy (non-hydrogen) atoms. The molecule has 0 aromatic carbocycles. The topological polar surface area (TPSA) is 39.1 Å². The lowest BCUT2D eigenvalue weighted by Crippen LogP contribution is -2.39. The number of nitrogens with one attached hydrogen (secondary N) is 1. The summed E-state index contributed by atoms with van der Waals surface area (Å²) in [5.41, 5.74) is 0.350. The number of aromatic nitrogens is 2. The van der Waals surface area contributed by atoms with Crippen LogP contribution in [-0.2, 0) is 7.05 Å². The Morgan fingerprint density at radius 3 is 2.82 bits per heavy atom. The van der Waals surface area contributed by atoms with Crippen LogP contribution in [0.15, 0.2) is 6.07 Å². The molecular weight excluding hydrogens is 214 g/mol. The van der Waals surface area contributed by atoms with Crippen molar-refractivity contribution in [1.29, 1.82) is 0 Å². The van der Waals surface area contributed by atoms with Gasteiger partial charge in [0.2, 0.25) is 5.88 Å². The van der Waals surface area contributed by atoms with Crippen LogP contribution in [0.1, 0.15) is 39.5 Å². The maximum atomic E-state index is 5.23. The van der Waals surface area contributed by atoms with Crippen molar-refractivity contribution in [2.45, 2.75) is 45.6 Å². The van der Waals surface area contributed by atoms with Gasteiger partial charge in [0.1, 0.15) is 0 Å². The predicted octanol–water partition coefficient (Wildman–Crippen LogP) is 2.81. The number of methoxy groups -OCH3 is 1. The van der Waals surface area contributed by atoms with Gasteiger partial charge in [-0.3, -0.25) is 0 Å². The highest BCUT2D eigenvalue weighted by Gasteiger charge is 2.32. The minimum Gasteiger partial charge on any atom is -0.481 e. The number of hydrogen-bond acceptors (Lipinski definition) is 3. The van der Waals surface area contributed by atoms with Crippen LogP contribution in [0.3, 0.4) is 0 Å². The van der Waals surface area contributed by atoms with E-state index in [1.54, 1.807) is 11.8 Å². The van der Waals surface area contributed by atoms with E-state index >= 15 is 0 Å². The molecule has 96 valence electrons. The summed E-state index contributed by atoms with van der Waals surface area (Å²) in [6.07, 6.45) is 5.17. The fourth-order valence-electron chi connectivity index (χ4n) is 2.65. The monoisotopic (exact) mass is 237 g/mol. The lowest BCUT2D eigenvalue weighted by atomic mass is 9.73. The summed E-state index contributed by atoms with van der Waals surface area (Å²) >= 11 is 0. The van der Waals surface area contributed by atoms with Crippen molar-refractivity contribution in [3.63, 3.8) is 0 Å². The maximum Gasteiger partial charge on any atom is 0.213 e. The van der Waals surface area contributed by atoms with Gasteiger partial charge in [-0.15, -0.1) is 0 Å². The van der Waals surface area contributed by atoms with E-state index in [0.717, 1.165) is 11.7 Å². The van der Waals surface area contributed by atoms with Crippen LogP contribution < -0.4 is 10.1 Å². The highest BCUT2D eigenvalue weighted by Crippen LogP contribution is 2.37. The molecule has 1 atom stereocenters. The Bertz CT molecular complexity index is 384. The average Bonchev–Trinajstić information content (AvgIpc) is 2.62. The van der Waals surface area contributed by atoms with Gasteiger partial charge >= 0.3 is 0 Å². The second-order valence-electron chi connectivity index (χ2n) is 5.63. The summed E-state index contributed by atoms with van der Waals surface area (Å²) in [4.78, 5) is 0. The second-order valence-corrected chi connectivity index (χ2v) is 5.63. The fourth-order valence-corrected chi connectivity index (χ4v) is 2.65. The van der Waals surface area contributed by atoms with Gasteiger partial charge in [0.15, 0.2) is 5.82 Å². The molecular formula is C13H23N3O. The first-order valence-electron chi connectivity index (χ1n) is 6.37. The predicted molar refractivity (Wildman–Crippen MR) is 69.4 cm³/mol. The van der Waals surface area contributed by atoms with E-state index in [9.17, 15) is 0 Å². The lowest BCUT2D eigenvalue weighted by Gasteiger charge is -2.39. The molecule has 0 spiro atoms. The van der Waals surface area contributed by atoms with Crippen LogP contribution in [0.5, 0.6) is 5.88 Å². The Morgan fingerprint density at radius 1 is 1.47 bits per heavy atom. The molecule has 0 bridgehead atoms. The molecule has 1 saturated carbocycles. The summed E-state index contributed by atoms with van der Waals surface area (Å²) in [6, 6.07) is 2.47. The third-order valence-electron chi connectivity index (χ3n) is 3.88. The average molecular weight is 237 g/mol. The van der Waals surface area contributed by atoms with Crippen LogP contribution in [0.25, 0.3) is 0 Å². The molecule has 0 amide bonds. The van der Waals surface area contributed by atoms with Crippen molar-refractivity contribution < 1.29 is 4.74 Å². The molecule has 1 aliphatic rings. The molecule has 1 aliphatic carbocycles. The van der Waals surface area contributed by atoms with Crippen LogP contribution in [0.4, 0.5) is 5.82 Å². The zero-order valence-electron chi connectivity index (χ0n) is 11.3. The number of aryl methyl sites for hydroxylation is 1. The summed E-state index contributed by atoms with van der Waals surface area (Å²) in [6.45, 7) is 4.67. The summed E-state index contributed by atoms with van der Waals surface area (Å²) in [5.74, 6) is 1.71. The highest BCUT2D eigenvalue weighted by atomic mass is 16.5. The third-order valence-corrected chi connectivity index (χ3v) is 3.88. The smallest absolute Gasteiger partial charge is 0.213 e. The van der Waals surface area contributed by atoms with Gasteiger partial charge in [-0.2, -0.15) is 5.10 Å². The summed E-state index contributed by atoms with van der Waals surface area (Å²) in [5, 5.41) is 7.98. The van der Waals surface area contributed by atoms with E-state index in [0.29, 0.717) is 11.5 Å². The first kappa shape index (κ1) is 12.3. The Hall–Kier alpha value is -1.19. The van der Waals surface area contributed by atoms with Gasteiger partial charge in [-0.25, -0.2) is 4.68 Å². The van der Waals surface area contributed by atoms with Crippen LogP contribution >= 0.6 is 0 Å². The minimum atomic E-state index is 0.350. The highest BCUT2D eigenvalue weighted by molar-refractivity contribution is 5.40. The van der Waals surface area contributed by atoms with E-state index in [1.165, 1.54) is 25.7 Å². The van der Waals surface area contributed by atoms with Crippen molar-refractivity contribution in [1.82, 2.24) is 9.78 Å². The van der Waals surface area contributed by atoms with Gasteiger partial charge < -0.3 is 10.1 Å². The SMILES string of the molecule is COc1cc(NC2CCCCC2(C)C)nn1C. The van der Waals surface area contributed by atoms with Gasteiger partial charge in [-0.05, 0) is 18.3 Å². The molecule has 0 radical (unpaired) electrons. The molecule has 1 heterocycles. The Balaban J connectivity index is 2.08. The van der Waals surface area contributed by atoms with Crippen LogP contribution in [0.2, 0.25) is 0 Å². The molecule has 0 saturated heterocycles. The molecule has 1 unspecified atom stereocenters. The van der Waals surface area contributed by atoms with Crippen molar-refractivity contribution in [3.8, 4) is 5.88 Å². The quantitative estimate of drug-likeness (QED) is 0.878. The molecule has 1 N–H and O–H groups in total. The standard InChI is InChI=1S/C13H23N3O/c1-13(2)8-6-5-7-10(13)14-11-9-12(17-4)16(3)15-11/h9-10H,5-8H2,1-4H3,(H,14,15). The van der Waals surface area contributed by atoms with E-state index in [1.807, 2.05) is 13.1 Å². The largest absolute Gasteiger partial charge is 0.481 e. The van der Waals surface area contributed by atoms with Crippen molar-refractivity contribution in [3.05, 3.63) is 6.07 Å². The normalized spacial score (nSPS) is 23.4. The van der Waals surface area contributed by atoms with Gasteiger partial charge in [0, 0.05) is 19.2 Å². The van der Waals surface area contributed by atoms with Gasteiger partial charge in [0.05, 0.1) is 7.11 Å². The molecule has 0 aliphatic heterocycles. The Kier molecular flexibility index (Phi) is 3.31. The molecule has 2 rings (SSSR count). The van der Waals surface area contributed by atoms with Crippen LogP contribution in [-0.4, -0.2) is 22.9 Å². The maximum absolute atomic E-state index is 5.23. The fraction of sp³-hybridized carbons (Fsp3) is 0.769. The number of ether oxygens (including phenoxy) is 1. The zero-order chi connectivity index (χ0) is 12.5. The van der Waals surface area contributed by atoms with Crippen molar-refractivity contribution in [2.24, 2.45) is 12.5 Å². The first-order valence-corrected chi connectivity index (χ1v) is 6.37. The molecule has 1 aromatic rings. The van der Waals surface area contributed by atoms with E-state index in [-0.39, 0.29) is 0 Å². The molecule has 4 nitrogen and oxygen atoms in total. The minimum absolute atomic E-state index is 0.350. The first-order chi connectivity index (χ1) is 8.03. The molecule has 1 fully saturated rings. The summed E-state index contributed by atoms with van der Waals surface area (Å²) < 4.78 is 6.99. The number of rotatable bonds is 3. The van der Waals surface area contributed by atoms with Crippen molar-refractivity contribution in [2.75, 3.05) is 12.4 Å². The summed E-state index contributed by atoms with van der Waals surface area (Å²) in [7, 11) is 3.57. The Morgan fingerprint density at radius 2 is 2.24 bits per heavy atom. The number of nitrogens with zero attached hydrogens (tertiary/aromatic N) is 2. The molecule has 4 heteroatoms. The van der Waals surface area contributed by atoms with Gasteiger partial charge in [-0.1, -0.05) is 26.7 Å². The zero-order valence-corrected chi connectivity index (χ0v) is 11.3. The van der Waals surface area contributed by atoms with Crippen LogP contribution in [0, 0.1) is 5.41 Å². The van der Waals surface area contributed by atoms with E-state index in [2.05, 4.69) is 24.3 Å². The number of anilines is 1. The number of hydrogen-bond donors (Lipinski definition) is 1. The van der Waals surface area contributed by atoms with E-state index in [4.69, 9.17) is 4.74 Å². The van der Waals surface area contributed by atoms with E-state index < -0.39 is 0 Å². The van der Waals surface area contributed by atoms with Gasteiger partial charge in [0.25, 0.3) is 0 Å². The third kappa shape index (κ3) is 2.56. The Labute approximate surface area is 103 Å². The second kappa shape index (κ2) is 4.59. The lowest BCUT2D eigenvalue weighted by molar-refractivity contribution is 0.216. The van der Waals surface area contributed by atoms with Crippen molar-refractivity contribution >= 4 is 5.82 Å². The molecule has 1 aromatic heterocycles.